The average molecular weight is 493 g/mol. The molecular weight excluding hydrogens is 456 g/mol. The highest BCUT2D eigenvalue weighted by Gasteiger charge is 2.48. The largest absolute Gasteiger partial charge is 0.493 e. The summed E-state index contributed by atoms with van der Waals surface area (Å²) in [5, 5.41) is 11.8. The molecule has 3 rings (SSSR count). The van der Waals surface area contributed by atoms with Crippen LogP contribution >= 0.6 is 0 Å². The van der Waals surface area contributed by atoms with Gasteiger partial charge in [0.05, 0.1) is 33.9 Å². The lowest BCUT2D eigenvalue weighted by Crippen LogP contribution is -2.48. The Hall–Kier alpha value is -3.35. The molecule has 0 saturated carbocycles. The Morgan fingerprint density at radius 1 is 0.778 bits per heavy atom. The van der Waals surface area contributed by atoms with E-state index in [0.29, 0.717) is 17.9 Å². The molecule has 36 heavy (non-hydrogen) atoms. The van der Waals surface area contributed by atoms with E-state index in [1.165, 1.54) is 7.11 Å². The lowest BCUT2D eigenvalue weighted by Gasteiger charge is -2.34. The Labute approximate surface area is 213 Å². The van der Waals surface area contributed by atoms with Gasteiger partial charge >= 0.3 is 5.97 Å². The molecule has 0 aliphatic rings. The highest BCUT2D eigenvalue weighted by atomic mass is 16.7. The predicted octanol–water partition coefficient (Wildman–Crippen LogP) is 5.08. The molecule has 0 bridgehead atoms. The average Bonchev–Trinajstić information content (AvgIpc) is 2.93. The number of methoxy groups -OCH3 is 3. The number of hydrogen-bond acceptors (Lipinski definition) is 6. The van der Waals surface area contributed by atoms with Crippen LogP contribution in [0.2, 0.25) is 0 Å². The number of esters is 1. The van der Waals surface area contributed by atoms with Crippen LogP contribution in [0.25, 0.3) is 0 Å². The van der Waals surface area contributed by atoms with Gasteiger partial charge in [-0.1, -0.05) is 68.4 Å². The summed E-state index contributed by atoms with van der Waals surface area (Å²) in [5.41, 5.74) is 4.76. The highest BCUT2D eigenvalue weighted by Crippen LogP contribution is 2.38. The van der Waals surface area contributed by atoms with Gasteiger partial charge in [0.15, 0.2) is 11.5 Å². The Bertz CT molecular complexity index is 1080. The summed E-state index contributed by atoms with van der Waals surface area (Å²) in [6, 6.07) is 21.3. The van der Waals surface area contributed by atoms with Crippen molar-refractivity contribution in [3.05, 3.63) is 94.5 Å². The third kappa shape index (κ3) is 6.07. The number of carbonyl (C=O) groups is 1. The molecular formula is C30H36O6. The van der Waals surface area contributed by atoms with Crippen LogP contribution in [0.15, 0.2) is 66.7 Å². The molecule has 0 saturated heterocycles. The molecule has 0 fully saturated rings. The summed E-state index contributed by atoms with van der Waals surface area (Å²) in [7, 11) is 4.41. The smallest absolute Gasteiger partial charge is 0.367 e. The summed E-state index contributed by atoms with van der Waals surface area (Å²) in [5.74, 6) is -2.64. The van der Waals surface area contributed by atoms with Crippen molar-refractivity contribution in [2.75, 3.05) is 27.9 Å². The highest BCUT2D eigenvalue weighted by molar-refractivity contribution is 5.80. The molecule has 0 aliphatic heterocycles. The summed E-state index contributed by atoms with van der Waals surface area (Å²) >= 11 is 0. The zero-order valence-electron chi connectivity index (χ0n) is 21.7. The van der Waals surface area contributed by atoms with Crippen LogP contribution in [0.4, 0.5) is 0 Å². The second-order valence-electron chi connectivity index (χ2n) is 8.60. The van der Waals surface area contributed by atoms with Crippen LogP contribution in [-0.2, 0) is 33.5 Å². The molecule has 1 unspecified atom stereocenters. The fourth-order valence-corrected chi connectivity index (χ4v) is 4.30. The van der Waals surface area contributed by atoms with Gasteiger partial charge in [0.25, 0.3) is 5.79 Å². The van der Waals surface area contributed by atoms with E-state index < -0.39 is 17.7 Å². The van der Waals surface area contributed by atoms with Crippen LogP contribution in [0.3, 0.4) is 0 Å². The minimum atomic E-state index is -2.23. The monoisotopic (exact) mass is 492 g/mol. The van der Waals surface area contributed by atoms with Crippen LogP contribution in [0.5, 0.6) is 11.5 Å². The van der Waals surface area contributed by atoms with E-state index in [0.717, 1.165) is 40.7 Å². The molecule has 1 atom stereocenters. The van der Waals surface area contributed by atoms with Crippen molar-refractivity contribution in [1.29, 1.82) is 0 Å². The maximum absolute atomic E-state index is 13.1. The molecule has 6 nitrogen and oxygen atoms in total. The number of hydrogen-bond donors (Lipinski definition) is 1. The Kier molecular flexibility index (Phi) is 9.51. The number of carbonyl (C=O) groups excluding carboxylic acids is 1. The summed E-state index contributed by atoms with van der Waals surface area (Å²) in [6.45, 7) is 4.24. The van der Waals surface area contributed by atoms with Gasteiger partial charge in [0.1, 0.15) is 0 Å². The molecule has 0 heterocycles. The number of aliphatic hydroxyl groups is 1. The fraction of sp³-hybridized carbons (Fsp3) is 0.367. The second-order valence-corrected chi connectivity index (χ2v) is 8.60. The van der Waals surface area contributed by atoms with Crippen molar-refractivity contribution in [3.63, 3.8) is 0 Å². The van der Waals surface area contributed by atoms with E-state index in [9.17, 15) is 9.90 Å². The van der Waals surface area contributed by atoms with E-state index in [4.69, 9.17) is 18.9 Å². The van der Waals surface area contributed by atoms with E-state index in [1.807, 2.05) is 66.7 Å². The quantitative estimate of drug-likeness (QED) is 0.281. The van der Waals surface area contributed by atoms with Gasteiger partial charge in [-0.15, -0.1) is 0 Å². The molecule has 0 spiro atoms. The summed E-state index contributed by atoms with van der Waals surface area (Å²) < 4.78 is 21.7. The Balaban J connectivity index is 1.96. The first kappa shape index (κ1) is 27.2. The molecule has 3 aromatic rings. The normalized spacial score (nSPS) is 12.8. The number of aryl methyl sites for hydroxylation is 2. The van der Waals surface area contributed by atoms with E-state index in [-0.39, 0.29) is 6.61 Å². The van der Waals surface area contributed by atoms with E-state index in [1.54, 1.807) is 14.2 Å². The van der Waals surface area contributed by atoms with E-state index >= 15 is 0 Å². The first-order valence-electron chi connectivity index (χ1n) is 12.2. The van der Waals surface area contributed by atoms with Gasteiger partial charge in [0, 0.05) is 0 Å². The molecule has 0 radical (unpaired) electrons. The minimum Gasteiger partial charge on any atom is -0.493 e. The number of rotatable bonds is 12. The van der Waals surface area contributed by atoms with Crippen molar-refractivity contribution >= 4 is 5.97 Å². The molecule has 0 aromatic heterocycles. The third-order valence-corrected chi connectivity index (χ3v) is 6.47. The van der Waals surface area contributed by atoms with Gasteiger partial charge < -0.3 is 24.1 Å². The van der Waals surface area contributed by atoms with Crippen molar-refractivity contribution in [2.24, 2.45) is 0 Å². The van der Waals surface area contributed by atoms with Crippen molar-refractivity contribution in [3.8, 4) is 11.5 Å². The first-order chi connectivity index (χ1) is 17.4. The fourth-order valence-electron chi connectivity index (χ4n) is 4.30. The van der Waals surface area contributed by atoms with E-state index in [2.05, 4.69) is 13.8 Å². The second kappa shape index (κ2) is 12.6. The zero-order valence-corrected chi connectivity index (χ0v) is 21.7. The van der Waals surface area contributed by atoms with Gasteiger partial charge in [-0.25, -0.2) is 4.79 Å². The maximum Gasteiger partial charge on any atom is 0.367 e. The lowest BCUT2D eigenvalue weighted by atomic mass is 9.83. The number of benzene rings is 3. The molecule has 192 valence electrons. The summed E-state index contributed by atoms with van der Waals surface area (Å²) in [4.78, 5) is 13.1. The Morgan fingerprint density at radius 2 is 1.28 bits per heavy atom. The first-order valence-corrected chi connectivity index (χ1v) is 12.2. The molecule has 0 amide bonds. The van der Waals surface area contributed by atoms with Gasteiger partial charge in [0.2, 0.25) is 0 Å². The maximum atomic E-state index is 13.1. The lowest BCUT2D eigenvalue weighted by molar-refractivity contribution is -0.231. The van der Waals surface area contributed by atoms with Crippen molar-refractivity contribution < 1.29 is 28.8 Å². The van der Waals surface area contributed by atoms with Gasteiger partial charge in [-0.2, -0.15) is 0 Å². The SMILES string of the molecule is CCc1ccc(C(c2ccc(CC)cc2)C(O)(OCCc2ccc(OC)c(OC)c2)C(=O)OC)cc1. The van der Waals surface area contributed by atoms with Gasteiger partial charge in [-0.05, 0) is 59.2 Å². The van der Waals surface area contributed by atoms with Crippen LogP contribution < -0.4 is 9.47 Å². The third-order valence-electron chi connectivity index (χ3n) is 6.47. The number of ether oxygens (including phenoxy) is 4. The molecule has 0 aliphatic carbocycles. The topological polar surface area (TPSA) is 74.2 Å². The Morgan fingerprint density at radius 3 is 1.72 bits per heavy atom. The van der Waals surface area contributed by atoms with Gasteiger partial charge in [-0.3, -0.25) is 0 Å². The molecule has 6 heteroatoms. The molecule has 3 aromatic carbocycles. The predicted molar refractivity (Wildman–Crippen MR) is 140 cm³/mol. The van der Waals surface area contributed by atoms with Crippen LogP contribution in [0.1, 0.15) is 47.6 Å². The van der Waals surface area contributed by atoms with Crippen LogP contribution in [-0.4, -0.2) is 44.8 Å². The van der Waals surface area contributed by atoms with Crippen molar-refractivity contribution in [2.45, 2.75) is 44.8 Å². The standard InChI is InChI=1S/C30H36O6/c1-6-21-8-13-24(14-9-21)28(25-15-10-22(7-2)11-16-25)30(32,29(31)35-5)36-19-18-23-12-17-26(33-3)27(20-23)34-4/h8-17,20,28,32H,6-7,18-19H2,1-5H3. The summed E-state index contributed by atoms with van der Waals surface area (Å²) in [6.07, 6.45) is 2.22. The zero-order chi connectivity index (χ0) is 26.1. The van der Waals surface area contributed by atoms with Crippen LogP contribution in [0, 0.1) is 0 Å². The van der Waals surface area contributed by atoms with Crippen molar-refractivity contribution in [1.82, 2.24) is 0 Å². The molecule has 1 N–H and O–H groups in total. The minimum absolute atomic E-state index is 0.0810.